The van der Waals surface area contributed by atoms with Gasteiger partial charge in [0, 0.05) is 5.57 Å². The van der Waals surface area contributed by atoms with E-state index >= 15 is 0 Å². The monoisotopic (exact) mass is 186 g/mol. The molecular formula is C9H14O4. The second-order valence-corrected chi connectivity index (χ2v) is 2.79. The molecule has 0 heterocycles. The quantitative estimate of drug-likeness (QED) is 0.402. The van der Waals surface area contributed by atoms with Crippen LogP contribution in [0.2, 0.25) is 0 Å². The van der Waals surface area contributed by atoms with Gasteiger partial charge in [0.15, 0.2) is 0 Å². The minimum Gasteiger partial charge on any atom is -0.393 e. The maximum atomic E-state index is 11.0. The van der Waals surface area contributed by atoms with Crippen molar-refractivity contribution in [2.24, 2.45) is 0 Å². The zero-order chi connectivity index (χ0) is 10.4. The number of allylic oxidation sites excluding steroid dienone is 1. The average Bonchev–Trinajstić information content (AvgIpc) is 2.01. The molecule has 0 aliphatic rings. The van der Waals surface area contributed by atoms with Crippen molar-refractivity contribution in [3.05, 3.63) is 11.6 Å². The normalized spacial score (nSPS) is 13.7. The number of carbonyl (C=O) groups excluding carboxylic acids is 2. The maximum Gasteiger partial charge on any atom is 0.341 e. The number of rotatable bonds is 3. The molecule has 0 fully saturated rings. The zero-order valence-electron chi connectivity index (χ0n) is 8.03. The molecule has 0 rings (SSSR count). The first kappa shape index (κ1) is 11.8. The number of aliphatic hydroxyl groups excluding tert-OH is 1. The SMILES string of the molecule is CC=C(C)C(=O)OC(=O)CC(C)O. The Morgan fingerprint density at radius 3 is 2.46 bits per heavy atom. The van der Waals surface area contributed by atoms with Crippen LogP contribution in [0.5, 0.6) is 0 Å². The molecule has 0 radical (unpaired) electrons. The molecule has 0 aromatic carbocycles. The maximum absolute atomic E-state index is 11.0. The summed E-state index contributed by atoms with van der Waals surface area (Å²) in [5, 5.41) is 8.80. The van der Waals surface area contributed by atoms with Gasteiger partial charge in [0.2, 0.25) is 0 Å². The highest BCUT2D eigenvalue weighted by Gasteiger charge is 2.13. The Morgan fingerprint density at radius 1 is 1.54 bits per heavy atom. The summed E-state index contributed by atoms with van der Waals surface area (Å²) in [5.74, 6) is -1.37. The molecule has 0 spiro atoms. The molecule has 4 heteroatoms. The van der Waals surface area contributed by atoms with Gasteiger partial charge in [-0.2, -0.15) is 0 Å². The molecule has 74 valence electrons. The van der Waals surface area contributed by atoms with Gasteiger partial charge >= 0.3 is 11.9 Å². The van der Waals surface area contributed by atoms with E-state index in [1.165, 1.54) is 6.92 Å². The molecule has 0 amide bonds. The average molecular weight is 186 g/mol. The fourth-order valence-electron chi connectivity index (χ4n) is 0.585. The summed E-state index contributed by atoms with van der Waals surface area (Å²) in [6.07, 6.45) is 0.604. The predicted octanol–water partition coefficient (Wildman–Crippen LogP) is 0.793. The van der Waals surface area contributed by atoms with Crippen molar-refractivity contribution in [1.29, 1.82) is 0 Å². The van der Waals surface area contributed by atoms with Crippen LogP contribution in [0.4, 0.5) is 0 Å². The Labute approximate surface area is 77.2 Å². The van der Waals surface area contributed by atoms with E-state index in [4.69, 9.17) is 5.11 Å². The third-order valence-electron chi connectivity index (χ3n) is 1.42. The van der Waals surface area contributed by atoms with Crippen LogP contribution in [-0.2, 0) is 14.3 Å². The molecule has 13 heavy (non-hydrogen) atoms. The molecule has 0 aromatic heterocycles. The van der Waals surface area contributed by atoms with E-state index in [2.05, 4.69) is 4.74 Å². The lowest BCUT2D eigenvalue weighted by Gasteiger charge is -2.03. The van der Waals surface area contributed by atoms with E-state index in [0.717, 1.165) is 0 Å². The summed E-state index contributed by atoms with van der Waals surface area (Å²) < 4.78 is 4.41. The van der Waals surface area contributed by atoms with Crippen LogP contribution in [0.3, 0.4) is 0 Å². The van der Waals surface area contributed by atoms with Gasteiger partial charge in [-0.3, -0.25) is 4.79 Å². The lowest BCUT2D eigenvalue weighted by atomic mass is 10.3. The molecular weight excluding hydrogens is 172 g/mol. The summed E-state index contributed by atoms with van der Waals surface area (Å²) in [7, 11) is 0. The molecule has 0 aliphatic carbocycles. The number of hydrogen-bond donors (Lipinski definition) is 1. The van der Waals surface area contributed by atoms with Gasteiger partial charge in [0.05, 0.1) is 12.5 Å². The molecule has 1 N–H and O–H groups in total. The fraction of sp³-hybridized carbons (Fsp3) is 0.556. The van der Waals surface area contributed by atoms with E-state index < -0.39 is 18.0 Å². The molecule has 0 aliphatic heterocycles. The van der Waals surface area contributed by atoms with E-state index in [1.807, 2.05) is 0 Å². The number of aliphatic hydroxyl groups is 1. The summed E-state index contributed by atoms with van der Waals surface area (Å²) in [4.78, 5) is 21.8. The minimum atomic E-state index is -0.786. The van der Waals surface area contributed by atoms with E-state index in [-0.39, 0.29) is 6.42 Å². The Balaban J connectivity index is 4.00. The molecule has 4 nitrogen and oxygen atoms in total. The minimum absolute atomic E-state index is 0.164. The van der Waals surface area contributed by atoms with Gasteiger partial charge in [-0.05, 0) is 20.8 Å². The summed E-state index contributed by atoms with van der Waals surface area (Å²) in [6, 6.07) is 0. The summed E-state index contributed by atoms with van der Waals surface area (Å²) in [5.41, 5.74) is 0.374. The van der Waals surface area contributed by atoms with Crippen LogP contribution < -0.4 is 0 Å². The van der Waals surface area contributed by atoms with Crippen molar-refractivity contribution < 1.29 is 19.4 Å². The second kappa shape index (κ2) is 5.48. The van der Waals surface area contributed by atoms with Gasteiger partial charge in [-0.25, -0.2) is 4.79 Å². The van der Waals surface area contributed by atoms with Crippen molar-refractivity contribution in [1.82, 2.24) is 0 Å². The van der Waals surface area contributed by atoms with Crippen LogP contribution in [-0.4, -0.2) is 23.1 Å². The summed E-state index contributed by atoms with van der Waals surface area (Å²) >= 11 is 0. The second-order valence-electron chi connectivity index (χ2n) is 2.79. The first-order valence-electron chi connectivity index (χ1n) is 4.03. The molecule has 0 aromatic rings. The van der Waals surface area contributed by atoms with Crippen LogP contribution in [0, 0.1) is 0 Å². The number of carbonyl (C=O) groups is 2. The van der Waals surface area contributed by atoms with E-state index in [9.17, 15) is 9.59 Å². The molecule has 0 bridgehead atoms. The van der Waals surface area contributed by atoms with Crippen molar-refractivity contribution in [2.75, 3.05) is 0 Å². The predicted molar refractivity (Wildman–Crippen MR) is 46.8 cm³/mol. The Hall–Kier alpha value is -1.16. The molecule has 1 unspecified atom stereocenters. The molecule has 0 saturated carbocycles. The topological polar surface area (TPSA) is 63.6 Å². The van der Waals surface area contributed by atoms with Gasteiger partial charge < -0.3 is 9.84 Å². The highest BCUT2D eigenvalue weighted by atomic mass is 16.6. The van der Waals surface area contributed by atoms with E-state index in [1.54, 1.807) is 19.9 Å². The van der Waals surface area contributed by atoms with Crippen molar-refractivity contribution >= 4 is 11.9 Å². The Bertz CT molecular complexity index is 228. The number of esters is 2. The Morgan fingerprint density at radius 2 is 2.08 bits per heavy atom. The Kier molecular flexibility index (Phi) is 4.99. The van der Waals surface area contributed by atoms with Gasteiger partial charge in [0.1, 0.15) is 0 Å². The van der Waals surface area contributed by atoms with Crippen LogP contribution in [0.15, 0.2) is 11.6 Å². The van der Waals surface area contributed by atoms with Crippen molar-refractivity contribution in [3.8, 4) is 0 Å². The lowest BCUT2D eigenvalue weighted by Crippen LogP contribution is -2.17. The highest BCUT2D eigenvalue weighted by Crippen LogP contribution is 1.99. The van der Waals surface area contributed by atoms with Gasteiger partial charge in [-0.15, -0.1) is 0 Å². The first-order valence-corrected chi connectivity index (χ1v) is 4.03. The molecule has 0 saturated heterocycles. The van der Waals surface area contributed by atoms with Crippen molar-refractivity contribution in [3.63, 3.8) is 0 Å². The van der Waals surface area contributed by atoms with Crippen LogP contribution in [0.25, 0.3) is 0 Å². The smallest absolute Gasteiger partial charge is 0.341 e. The zero-order valence-corrected chi connectivity index (χ0v) is 8.03. The van der Waals surface area contributed by atoms with Crippen molar-refractivity contribution in [2.45, 2.75) is 33.3 Å². The number of hydrogen-bond acceptors (Lipinski definition) is 4. The number of ether oxygens (including phenoxy) is 1. The summed E-state index contributed by atoms with van der Waals surface area (Å²) in [6.45, 7) is 4.68. The van der Waals surface area contributed by atoms with Gasteiger partial charge in [0.25, 0.3) is 0 Å². The van der Waals surface area contributed by atoms with E-state index in [0.29, 0.717) is 5.57 Å². The molecule has 1 atom stereocenters. The highest BCUT2D eigenvalue weighted by molar-refractivity contribution is 5.95. The first-order chi connectivity index (χ1) is 5.97. The van der Waals surface area contributed by atoms with Gasteiger partial charge in [-0.1, -0.05) is 6.08 Å². The van der Waals surface area contributed by atoms with Crippen LogP contribution in [0.1, 0.15) is 27.2 Å². The third-order valence-corrected chi connectivity index (χ3v) is 1.42. The standard InChI is InChI=1S/C9H14O4/c1-4-6(2)9(12)13-8(11)5-7(3)10/h4,7,10H,5H2,1-3H3. The largest absolute Gasteiger partial charge is 0.393 e. The van der Waals surface area contributed by atoms with Crippen LogP contribution >= 0.6 is 0 Å². The fourth-order valence-corrected chi connectivity index (χ4v) is 0.585. The lowest BCUT2D eigenvalue weighted by molar-refractivity contribution is -0.158. The third kappa shape index (κ3) is 5.14.